The molecule has 0 aliphatic carbocycles. The molecule has 0 saturated carbocycles. The summed E-state index contributed by atoms with van der Waals surface area (Å²) in [5, 5.41) is 10.3. The minimum absolute atomic E-state index is 0.0850. The van der Waals surface area contributed by atoms with Gasteiger partial charge in [-0.05, 0) is 79.4 Å². The summed E-state index contributed by atoms with van der Waals surface area (Å²) in [6.45, 7) is 6.27. The summed E-state index contributed by atoms with van der Waals surface area (Å²) in [4.78, 5) is 47.4. The van der Waals surface area contributed by atoms with Gasteiger partial charge in [0.15, 0.2) is 5.60 Å². The molecule has 0 bridgehead atoms. The molecule has 1 N–H and O–H groups in total. The average Bonchev–Trinajstić information content (AvgIpc) is 3.51. The van der Waals surface area contributed by atoms with Crippen LogP contribution in [0.5, 0.6) is 0 Å². The molecule has 0 aromatic heterocycles. The van der Waals surface area contributed by atoms with Gasteiger partial charge in [-0.25, -0.2) is 0 Å². The maximum Gasteiger partial charge on any atom is 0.264 e. The molecule has 2 saturated heterocycles. The number of benzene rings is 3. The summed E-state index contributed by atoms with van der Waals surface area (Å²) < 4.78 is 24.2. The minimum Gasteiger partial charge on any atom is -0.394 e. The van der Waals surface area contributed by atoms with Crippen molar-refractivity contribution in [1.82, 2.24) is 4.90 Å². The normalized spacial score (nSPS) is 26.7. The van der Waals surface area contributed by atoms with Crippen molar-refractivity contribution >= 4 is 53.4 Å². The van der Waals surface area contributed by atoms with Gasteiger partial charge in [-0.15, -0.1) is 0 Å². The fourth-order valence-electron chi connectivity index (χ4n) is 9.15. The third-order valence-electron chi connectivity index (χ3n) is 11.6. The topological polar surface area (TPSA) is 90.4 Å². The molecule has 0 unspecified atom stereocenters. The van der Waals surface area contributed by atoms with Crippen LogP contribution in [-0.2, 0) is 44.2 Å². The number of hydrogen-bond donors (Lipinski definition) is 1. The van der Waals surface area contributed by atoms with E-state index in [-0.39, 0.29) is 43.3 Å². The summed E-state index contributed by atoms with van der Waals surface area (Å²) in [6.07, 6.45) is 4.17. The highest BCUT2D eigenvalue weighted by atomic mass is 79.9. The van der Waals surface area contributed by atoms with Gasteiger partial charge in [-0.3, -0.25) is 14.4 Å². The highest BCUT2D eigenvalue weighted by molar-refractivity contribution is 9.10. The third-order valence-corrected chi connectivity index (χ3v) is 14.5. The second-order valence-corrected chi connectivity index (χ2v) is 19.9. The first kappa shape index (κ1) is 36.0. The van der Waals surface area contributed by atoms with E-state index in [0.717, 1.165) is 52.5 Å². The van der Waals surface area contributed by atoms with Crippen LogP contribution >= 0.6 is 15.9 Å². The van der Waals surface area contributed by atoms with E-state index in [1.807, 2.05) is 78.6 Å². The van der Waals surface area contributed by atoms with E-state index in [4.69, 9.17) is 4.74 Å². The van der Waals surface area contributed by atoms with Crippen LogP contribution in [0, 0.1) is 5.92 Å². The lowest BCUT2D eigenvalue weighted by Gasteiger charge is -2.37. The maximum atomic E-state index is 16.5. The van der Waals surface area contributed by atoms with Gasteiger partial charge in [0, 0.05) is 46.7 Å². The first-order chi connectivity index (χ1) is 24.4. The van der Waals surface area contributed by atoms with Crippen LogP contribution in [0.2, 0.25) is 18.6 Å². The van der Waals surface area contributed by atoms with E-state index in [0.29, 0.717) is 37.2 Å². The first-order valence-electron chi connectivity index (χ1n) is 18.3. The Morgan fingerprint density at radius 1 is 1.02 bits per heavy atom. The van der Waals surface area contributed by atoms with Gasteiger partial charge in [0.1, 0.15) is 0 Å². The first-order valence-corrected chi connectivity index (χ1v) is 22.0. The lowest BCUT2D eigenvalue weighted by atomic mass is 9.82. The molecular weight excluding hydrogens is 729 g/mol. The highest BCUT2D eigenvalue weighted by Crippen LogP contribution is 2.60. The predicted octanol–water partition coefficient (Wildman–Crippen LogP) is 7.40. The smallest absolute Gasteiger partial charge is 0.264 e. The number of anilines is 2. The zero-order valence-corrected chi connectivity index (χ0v) is 32.2. The number of amides is 3. The van der Waals surface area contributed by atoms with Crippen molar-refractivity contribution in [2.75, 3.05) is 23.0 Å². The highest BCUT2D eigenvalue weighted by Gasteiger charge is 2.67. The number of fused-ring (bicyclic) bond motifs is 3. The zero-order chi connectivity index (χ0) is 36.1. The van der Waals surface area contributed by atoms with Crippen molar-refractivity contribution in [2.45, 2.75) is 101 Å². The van der Waals surface area contributed by atoms with Gasteiger partial charge in [0.25, 0.3) is 5.91 Å². The van der Waals surface area contributed by atoms with Crippen molar-refractivity contribution in [3.05, 3.63) is 93.5 Å². The van der Waals surface area contributed by atoms with Gasteiger partial charge in [0.05, 0.1) is 37.4 Å². The number of aliphatic hydroxyl groups is 1. The molecule has 51 heavy (non-hydrogen) atoms. The van der Waals surface area contributed by atoms with E-state index in [9.17, 15) is 19.5 Å². The quantitative estimate of drug-likeness (QED) is 0.200. The Morgan fingerprint density at radius 2 is 1.78 bits per heavy atom. The molecular formula is C40H47BrFN3O5Si. The number of nitrogens with zero attached hydrogens (tertiary/aromatic N) is 3. The molecule has 270 valence electrons. The summed E-state index contributed by atoms with van der Waals surface area (Å²) in [7, 11) is -3.51. The van der Waals surface area contributed by atoms with Crippen LogP contribution in [0.1, 0.15) is 67.7 Å². The van der Waals surface area contributed by atoms with Crippen LogP contribution in [0.15, 0.2) is 71.2 Å². The van der Waals surface area contributed by atoms with E-state index in [2.05, 4.69) is 15.9 Å². The molecule has 4 aliphatic rings. The van der Waals surface area contributed by atoms with E-state index >= 15 is 4.11 Å². The van der Waals surface area contributed by atoms with Crippen LogP contribution in [0.3, 0.4) is 0 Å². The van der Waals surface area contributed by atoms with Crippen LogP contribution in [-0.4, -0.2) is 61.4 Å². The maximum absolute atomic E-state index is 16.5. The molecule has 4 aliphatic heterocycles. The summed E-state index contributed by atoms with van der Waals surface area (Å²) in [5.74, 6) is -0.911. The lowest BCUT2D eigenvalue weighted by molar-refractivity contribution is -0.151. The van der Waals surface area contributed by atoms with Gasteiger partial charge < -0.3 is 28.7 Å². The fourth-order valence-corrected chi connectivity index (χ4v) is 12.0. The molecule has 5 atom stereocenters. The number of carbonyl (C=O) groups excluding carboxylic acids is 3. The standard InChI is InChI=1S/C40H47BrFN3O5Si/c1-26-38(51(2,3)42)35(22-37(48)44-24-29-13-8-7-12-28(29)20-32(44)25-46)50-40(26)33-21-30(41)16-17-34(33)45(39(40)49)23-27-11-10-14-31(19-27)43-18-9-5-4-6-15-36(43)47/h7-8,10-14,16-17,19,21,26,32,35,38,46H,4-6,9,15,18,20,22-25H2,1-3H3/t26-,32-,35+,38-,40+/m0/s1. The second kappa shape index (κ2) is 14.2. The Balaban J connectivity index is 1.20. The monoisotopic (exact) mass is 775 g/mol. The number of ether oxygens (including phenoxy) is 1. The summed E-state index contributed by atoms with van der Waals surface area (Å²) >= 11 is 3.61. The molecule has 1 spiro atoms. The Bertz CT molecular complexity index is 1840. The molecule has 4 heterocycles. The summed E-state index contributed by atoms with van der Waals surface area (Å²) in [5.41, 5.74) is 3.09. The molecule has 3 aromatic carbocycles. The van der Waals surface area contributed by atoms with Crippen LogP contribution in [0.25, 0.3) is 0 Å². The van der Waals surface area contributed by atoms with Crippen molar-refractivity contribution in [2.24, 2.45) is 5.92 Å². The summed E-state index contributed by atoms with van der Waals surface area (Å²) in [6, 6.07) is 21.1. The molecule has 3 amide bonds. The van der Waals surface area contributed by atoms with Crippen LogP contribution < -0.4 is 9.80 Å². The Labute approximate surface area is 309 Å². The number of hydrogen-bond acceptors (Lipinski definition) is 5. The average molecular weight is 777 g/mol. The van der Waals surface area contributed by atoms with Gasteiger partial charge in [0.2, 0.25) is 20.2 Å². The number of carbonyl (C=O) groups is 3. The Kier molecular flexibility index (Phi) is 10.0. The van der Waals surface area contributed by atoms with Gasteiger partial charge in [-0.1, -0.05) is 72.1 Å². The second-order valence-electron chi connectivity index (χ2n) is 15.2. The van der Waals surface area contributed by atoms with E-state index < -0.39 is 31.6 Å². The molecule has 8 nitrogen and oxygen atoms in total. The van der Waals surface area contributed by atoms with Crippen molar-refractivity contribution in [3.63, 3.8) is 0 Å². The zero-order valence-electron chi connectivity index (χ0n) is 29.6. The van der Waals surface area contributed by atoms with Crippen molar-refractivity contribution in [1.29, 1.82) is 0 Å². The fraction of sp³-hybridized carbons (Fsp3) is 0.475. The molecule has 0 radical (unpaired) electrons. The lowest BCUT2D eigenvalue weighted by Crippen LogP contribution is -2.48. The van der Waals surface area contributed by atoms with Gasteiger partial charge in [-0.2, -0.15) is 0 Å². The van der Waals surface area contributed by atoms with Crippen molar-refractivity contribution < 1.29 is 28.3 Å². The number of rotatable bonds is 7. The van der Waals surface area contributed by atoms with E-state index in [1.165, 1.54) is 0 Å². The molecule has 7 rings (SSSR count). The Hall–Kier alpha value is -3.38. The minimum atomic E-state index is -3.51. The molecule has 2 fully saturated rings. The molecule has 11 heteroatoms. The van der Waals surface area contributed by atoms with E-state index in [1.54, 1.807) is 22.9 Å². The number of aliphatic hydroxyl groups excluding tert-OH is 1. The SMILES string of the molecule is C[C@H]1[C@H]([Si](C)(C)F)[C@@H](CC(=O)N2Cc3ccccc3C[C@H]2CO)O[C@]12C(=O)N(Cc1cccc(N3CCCCCCC3=O)c1)c1ccc(Br)cc12. The van der Waals surface area contributed by atoms with Gasteiger partial charge >= 0.3 is 0 Å². The predicted molar refractivity (Wildman–Crippen MR) is 201 cm³/mol. The Morgan fingerprint density at radius 3 is 2.55 bits per heavy atom. The van der Waals surface area contributed by atoms with Crippen LogP contribution in [0.4, 0.5) is 15.5 Å². The third kappa shape index (κ3) is 6.60. The molecule has 3 aromatic rings. The number of halogens is 2. The largest absolute Gasteiger partial charge is 0.394 e. The van der Waals surface area contributed by atoms with Crippen molar-refractivity contribution in [3.8, 4) is 0 Å².